The zero-order valence-electron chi connectivity index (χ0n) is 12.3. The van der Waals surface area contributed by atoms with Crippen LogP contribution in [-0.4, -0.2) is 17.0 Å². The van der Waals surface area contributed by atoms with Gasteiger partial charge in [0.05, 0.1) is 11.3 Å². The molecule has 0 aliphatic carbocycles. The molecular formula is C17H16BrNO3. The van der Waals surface area contributed by atoms with Gasteiger partial charge in [-0.3, -0.25) is 4.79 Å². The highest BCUT2D eigenvalue weighted by Gasteiger charge is 2.14. The maximum absolute atomic E-state index is 12.2. The number of halogens is 1. The topological polar surface area (TPSA) is 66.4 Å². The van der Waals surface area contributed by atoms with Crippen LogP contribution in [0.1, 0.15) is 46.0 Å². The minimum absolute atomic E-state index is 0.0431. The van der Waals surface area contributed by atoms with Crippen LogP contribution in [0, 0.1) is 0 Å². The number of carbonyl (C=O) groups excluding carboxylic acids is 1. The molecule has 0 saturated carbocycles. The third kappa shape index (κ3) is 3.74. The van der Waals surface area contributed by atoms with Gasteiger partial charge in [-0.2, -0.15) is 0 Å². The van der Waals surface area contributed by atoms with Gasteiger partial charge in [0.1, 0.15) is 0 Å². The van der Waals surface area contributed by atoms with Gasteiger partial charge in [-0.25, -0.2) is 4.79 Å². The number of carboxylic acids is 1. The van der Waals surface area contributed by atoms with Crippen LogP contribution in [0.5, 0.6) is 0 Å². The minimum atomic E-state index is -1.09. The number of hydrogen-bond donors (Lipinski definition) is 2. The Labute approximate surface area is 137 Å². The summed E-state index contributed by atoms with van der Waals surface area (Å²) >= 11 is 3.22. The van der Waals surface area contributed by atoms with Crippen molar-refractivity contribution in [2.45, 2.75) is 19.8 Å². The molecule has 2 aromatic rings. The van der Waals surface area contributed by atoms with Gasteiger partial charge in [0, 0.05) is 10.0 Å². The second-order valence-corrected chi connectivity index (χ2v) is 6.14. The second kappa shape index (κ2) is 6.75. The lowest BCUT2D eigenvalue weighted by molar-refractivity contribution is 0.0698. The molecule has 2 rings (SSSR count). The number of rotatable bonds is 4. The highest BCUT2D eigenvalue weighted by atomic mass is 79.9. The number of anilines is 1. The average Bonchev–Trinajstić information content (AvgIpc) is 2.48. The highest BCUT2D eigenvalue weighted by molar-refractivity contribution is 9.10. The Hall–Kier alpha value is -2.14. The van der Waals surface area contributed by atoms with Gasteiger partial charge in [0.25, 0.3) is 5.91 Å². The normalized spacial score (nSPS) is 10.5. The summed E-state index contributed by atoms with van der Waals surface area (Å²) in [5.41, 5.74) is 1.95. The summed E-state index contributed by atoms with van der Waals surface area (Å²) in [5, 5.41) is 11.8. The van der Waals surface area contributed by atoms with E-state index in [0.29, 0.717) is 16.0 Å². The summed E-state index contributed by atoms with van der Waals surface area (Å²) < 4.78 is 0.643. The summed E-state index contributed by atoms with van der Waals surface area (Å²) in [6, 6.07) is 12.0. The van der Waals surface area contributed by atoms with Crippen LogP contribution in [0.25, 0.3) is 0 Å². The van der Waals surface area contributed by atoms with Crippen molar-refractivity contribution in [1.82, 2.24) is 0 Å². The van der Waals surface area contributed by atoms with Gasteiger partial charge in [-0.1, -0.05) is 41.9 Å². The Morgan fingerprint density at radius 2 is 1.73 bits per heavy atom. The number of carboxylic acid groups (broad SMARTS) is 1. The van der Waals surface area contributed by atoms with Gasteiger partial charge in [-0.15, -0.1) is 0 Å². The lowest BCUT2D eigenvalue weighted by atomic mass is 10.0. The van der Waals surface area contributed by atoms with Crippen molar-refractivity contribution in [1.29, 1.82) is 0 Å². The summed E-state index contributed by atoms with van der Waals surface area (Å²) in [4.78, 5) is 23.5. The predicted octanol–water partition coefficient (Wildman–Crippen LogP) is 4.52. The highest BCUT2D eigenvalue weighted by Crippen LogP contribution is 2.22. The molecule has 114 valence electrons. The van der Waals surface area contributed by atoms with Gasteiger partial charge in [0.2, 0.25) is 0 Å². The molecule has 0 aliphatic heterocycles. The molecular weight excluding hydrogens is 346 g/mol. The maximum Gasteiger partial charge on any atom is 0.337 e. The van der Waals surface area contributed by atoms with E-state index in [-0.39, 0.29) is 17.2 Å². The molecule has 5 heteroatoms. The first-order valence-electron chi connectivity index (χ1n) is 6.82. The Bertz CT molecular complexity index is 708. The number of nitrogens with one attached hydrogen (secondary N) is 1. The van der Waals surface area contributed by atoms with E-state index in [1.54, 1.807) is 24.3 Å². The van der Waals surface area contributed by atoms with Gasteiger partial charge in [-0.05, 0) is 41.8 Å². The van der Waals surface area contributed by atoms with Gasteiger partial charge in [0.15, 0.2) is 0 Å². The summed E-state index contributed by atoms with van der Waals surface area (Å²) in [5.74, 6) is -1.03. The first-order valence-corrected chi connectivity index (χ1v) is 7.62. The van der Waals surface area contributed by atoms with E-state index in [1.807, 2.05) is 12.1 Å². The molecule has 0 spiro atoms. The number of amides is 1. The standard InChI is InChI=1S/C17H16BrNO3/c1-10(2)11-3-5-12(6-4-11)16(20)19-15-8-7-13(18)9-14(15)17(21)22/h3-10H,1-2H3,(H,19,20)(H,21,22). The lowest BCUT2D eigenvalue weighted by Gasteiger charge is -2.10. The monoisotopic (exact) mass is 361 g/mol. The first kappa shape index (κ1) is 16.2. The molecule has 4 nitrogen and oxygen atoms in total. The summed E-state index contributed by atoms with van der Waals surface area (Å²) in [6.45, 7) is 4.16. The van der Waals surface area contributed by atoms with Crippen molar-refractivity contribution in [3.8, 4) is 0 Å². The largest absolute Gasteiger partial charge is 0.478 e. The van der Waals surface area contributed by atoms with Crippen LogP contribution in [-0.2, 0) is 0 Å². The minimum Gasteiger partial charge on any atom is -0.478 e. The first-order chi connectivity index (χ1) is 10.4. The third-order valence-electron chi connectivity index (χ3n) is 3.30. The summed E-state index contributed by atoms with van der Waals surface area (Å²) in [7, 11) is 0. The van der Waals surface area contributed by atoms with Crippen molar-refractivity contribution >= 4 is 33.5 Å². The molecule has 0 aromatic heterocycles. The van der Waals surface area contributed by atoms with Crippen LogP contribution in [0.4, 0.5) is 5.69 Å². The molecule has 0 fully saturated rings. The van der Waals surface area contributed by atoms with E-state index >= 15 is 0 Å². The Kier molecular flexibility index (Phi) is 4.98. The third-order valence-corrected chi connectivity index (χ3v) is 3.79. The second-order valence-electron chi connectivity index (χ2n) is 5.23. The smallest absolute Gasteiger partial charge is 0.337 e. The number of aromatic carboxylic acids is 1. The van der Waals surface area contributed by atoms with E-state index in [4.69, 9.17) is 0 Å². The fraction of sp³-hybridized carbons (Fsp3) is 0.176. The van der Waals surface area contributed by atoms with Crippen LogP contribution < -0.4 is 5.32 Å². The molecule has 0 bridgehead atoms. The summed E-state index contributed by atoms with van der Waals surface area (Å²) in [6.07, 6.45) is 0. The fourth-order valence-electron chi connectivity index (χ4n) is 2.02. The van der Waals surface area contributed by atoms with E-state index in [0.717, 1.165) is 5.56 Å². The van der Waals surface area contributed by atoms with E-state index in [1.165, 1.54) is 6.07 Å². The van der Waals surface area contributed by atoms with E-state index in [9.17, 15) is 14.7 Å². The Morgan fingerprint density at radius 1 is 1.09 bits per heavy atom. The molecule has 22 heavy (non-hydrogen) atoms. The molecule has 2 N–H and O–H groups in total. The van der Waals surface area contributed by atoms with Crippen molar-refractivity contribution in [3.05, 3.63) is 63.6 Å². The van der Waals surface area contributed by atoms with Crippen molar-refractivity contribution in [2.75, 3.05) is 5.32 Å². The SMILES string of the molecule is CC(C)c1ccc(C(=O)Nc2ccc(Br)cc2C(=O)O)cc1. The Morgan fingerprint density at radius 3 is 2.27 bits per heavy atom. The van der Waals surface area contributed by atoms with E-state index in [2.05, 4.69) is 35.1 Å². The Balaban J connectivity index is 2.23. The van der Waals surface area contributed by atoms with Crippen molar-refractivity contribution < 1.29 is 14.7 Å². The van der Waals surface area contributed by atoms with Crippen molar-refractivity contribution in [2.24, 2.45) is 0 Å². The predicted molar refractivity (Wildman–Crippen MR) is 89.6 cm³/mol. The van der Waals surface area contributed by atoms with Crippen LogP contribution in [0.2, 0.25) is 0 Å². The molecule has 1 amide bonds. The average molecular weight is 362 g/mol. The van der Waals surface area contributed by atoms with Gasteiger partial charge >= 0.3 is 5.97 Å². The number of benzene rings is 2. The molecule has 0 radical (unpaired) electrons. The molecule has 0 saturated heterocycles. The van der Waals surface area contributed by atoms with Crippen molar-refractivity contribution in [3.63, 3.8) is 0 Å². The van der Waals surface area contributed by atoms with E-state index < -0.39 is 5.97 Å². The molecule has 0 aliphatic rings. The molecule has 2 aromatic carbocycles. The lowest BCUT2D eigenvalue weighted by Crippen LogP contribution is -2.14. The molecule has 0 unspecified atom stereocenters. The maximum atomic E-state index is 12.2. The van der Waals surface area contributed by atoms with Crippen LogP contribution in [0.15, 0.2) is 46.9 Å². The number of hydrogen-bond acceptors (Lipinski definition) is 2. The quantitative estimate of drug-likeness (QED) is 0.840. The van der Waals surface area contributed by atoms with Gasteiger partial charge < -0.3 is 10.4 Å². The zero-order valence-corrected chi connectivity index (χ0v) is 13.8. The molecule has 0 heterocycles. The number of carbonyl (C=O) groups is 2. The van der Waals surface area contributed by atoms with Crippen LogP contribution in [0.3, 0.4) is 0 Å². The van der Waals surface area contributed by atoms with Crippen LogP contribution >= 0.6 is 15.9 Å². The fourth-order valence-corrected chi connectivity index (χ4v) is 2.38. The molecule has 0 atom stereocenters. The zero-order chi connectivity index (χ0) is 16.3.